The van der Waals surface area contributed by atoms with Crippen molar-refractivity contribution < 1.29 is 9.53 Å². The molecule has 2 amide bonds. The van der Waals surface area contributed by atoms with Gasteiger partial charge in [0.05, 0.1) is 19.5 Å². The predicted octanol–water partition coefficient (Wildman–Crippen LogP) is 3.66. The Kier molecular flexibility index (Phi) is 6.27. The van der Waals surface area contributed by atoms with E-state index in [2.05, 4.69) is 25.6 Å². The van der Waals surface area contributed by atoms with Crippen molar-refractivity contribution in [2.75, 3.05) is 30.4 Å². The lowest BCUT2D eigenvalue weighted by molar-refractivity contribution is 0.243. The van der Waals surface area contributed by atoms with Crippen molar-refractivity contribution in [3.8, 4) is 5.75 Å². The zero-order valence-electron chi connectivity index (χ0n) is 17.5. The summed E-state index contributed by atoms with van der Waals surface area (Å²) in [5.41, 5.74) is 1.60. The van der Waals surface area contributed by atoms with Crippen molar-refractivity contribution in [1.29, 1.82) is 0 Å². The summed E-state index contributed by atoms with van der Waals surface area (Å²) in [6.07, 6.45) is 4.28. The fourth-order valence-electron chi connectivity index (χ4n) is 3.91. The van der Waals surface area contributed by atoms with Crippen molar-refractivity contribution >= 4 is 29.1 Å². The molecule has 0 bridgehead atoms. The molecule has 3 heterocycles. The first-order valence-corrected chi connectivity index (χ1v) is 10.5. The van der Waals surface area contributed by atoms with Gasteiger partial charge in [-0.2, -0.15) is 5.10 Å². The molecular weight excluding hydrogens is 416 g/mol. The average Bonchev–Trinajstić information content (AvgIpc) is 3.21. The van der Waals surface area contributed by atoms with Crippen LogP contribution in [0.25, 0.3) is 0 Å². The number of carbonyl (C=O) groups excluding carboxylic acids is 1. The van der Waals surface area contributed by atoms with Crippen LogP contribution in [0.4, 0.5) is 16.3 Å². The van der Waals surface area contributed by atoms with Crippen LogP contribution in [0.5, 0.6) is 5.75 Å². The molecule has 8 nitrogen and oxygen atoms in total. The maximum atomic E-state index is 12.7. The Balaban J connectivity index is 1.52. The van der Waals surface area contributed by atoms with Gasteiger partial charge in [0.1, 0.15) is 11.6 Å². The highest BCUT2D eigenvalue weighted by Crippen LogP contribution is 2.30. The quantitative estimate of drug-likeness (QED) is 0.632. The van der Waals surface area contributed by atoms with Crippen molar-refractivity contribution in [3.05, 3.63) is 65.6 Å². The van der Waals surface area contributed by atoms with E-state index in [4.69, 9.17) is 16.3 Å². The number of urea groups is 1. The van der Waals surface area contributed by atoms with Crippen LogP contribution in [0.2, 0.25) is 5.02 Å². The number of rotatable bonds is 5. The lowest BCUT2D eigenvalue weighted by Crippen LogP contribution is -2.51. The molecule has 4 rings (SSSR count). The van der Waals surface area contributed by atoms with Gasteiger partial charge in [-0.1, -0.05) is 11.6 Å². The molecular formula is C22H25ClN6O2. The zero-order valence-corrected chi connectivity index (χ0v) is 18.2. The Morgan fingerprint density at radius 2 is 2.00 bits per heavy atom. The number of anilines is 2. The second-order valence-electron chi connectivity index (χ2n) is 7.49. The third kappa shape index (κ3) is 4.91. The summed E-state index contributed by atoms with van der Waals surface area (Å²) in [6, 6.07) is 12.6. The summed E-state index contributed by atoms with van der Waals surface area (Å²) in [5, 5.41) is 10.9. The third-order valence-corrected chi connectivity index (χ3v) is 5.78. The minimum atomic E-state index is -0.250. The lowest BCUT2D eigenvalue weighted by atomic mass is 9.88. The van der Waals surface area contributed by atoms with E-state index in [0.717, 1.165) is 24.5 Å². The maximum absolute atomic E-state index is 12.7. The van der Waals surface area contributed by atoms with Gasteiger partial charge in [0.2, 0.25) is 0 Å². The first-order chi connectivity index (χ1) is 15.0. The summed E-state index contributed by atoms with van der Waals surface area (Å²) >= 11 is 5.92. The first kappa shape index (κ1) is 21.0. The smallest absolute Gasteiger partial charge is 0.319 e. The van der Waals surface area contributed by atoms with Crippen molar-refractivity contribution in [3.63, 3.8) is 0 Å². The first-order valence-electron chi connectivity index (χ1n) is 10.1. The Labute approximate surface area is 186 Å². The van der Waals surface area contributed by atoms with E-state index in [1.54, 1.807) is 43.8 Å². The molecule has 162 valence electrons. The molecule has 0 aliphatic carbocycles. The van der Waals surface area contributed by atoms with Gasteiger partial charge in [-0.3, -0.25) is 9.67 Å². The third-order valence-electron chi connectivity index (χ3n) is 5.53. The molecule has 1 fully saturated rings. The molecule has 0 radical (unpaired) electrons. The summed E-state index contributed by atoms with van der Waals surface area (Å²) in [4.78, 5) is 19.6. The van der Waals surface area contributed by atoms with E-state index >= 15 is 0 Å². The molecule has 1 saturated heterocycles. The summed E-state index contributed by atoms with van der Waals surface area (Å²) in [7, 11) is 3.55. The molecule has 31 heavy (non-hydrogen) atoms. The molecule has 3 aromatic rings. The lowest BCUT2D eigenvalue weighted by Gasteiger charge is -2.39. The van der Waals surface area contributed by atoms with Crippen LogP contribution >= 0.6 is 11.6 Å². The Morgan fingerprint density at radius 3 is 2.65 bits per heavy atom. The van der Waals surface area contributed by atoms with E-state index in [1.165, 1.54) is 0 Å². The van der Waals surface area contributed by atoms with Crippen LogP contribution in [-0.4, -0.2) is 47.0 Å². The molecule has 9 heteroatoms. The number of aryl methyl sites for hydroxylation is 1. The van der Waals surface area contributed by atoms with Gasteiger partial charge < -0.3 is 20.3 Å². The van der Waals surface area contributed by atoms with Crippen LogP contribution in [0.3, 0.4) is 0 Å². The van der Waals surface area contributed by atoms with Crippen LogP contribution in [0.1, 0.15) is 18.0 Å². The van der Waals surface area contributed by atoms with E-state index in [1.807, 2.05) is 29.9 Å². The minimum Gasteiger partial charge on any atom is -0.495 e. The van der Waals surface area contributed by atoms with E-state index in [-0.39, 0.29) is 18.0 Å². The number of pyridine rings is 1. The number of piperidine rings is 1. The van der Waals surface area contributed by atoms with Gasteiger partial charge in [0.25, 0.3) is 0 Å². The normalized spacial score (nSPS) is 18.5. The second kappa shape index (κ2) is 9.26. The molecule has 0 saturated carbocycles. The van der Waals surface area contributed by atoms with Gasteiger partial charge in [-0.05, 0) is 42.8 Å². The Hall–Kier alpha value is -3.26. The van der Waals surface area contributed by atoms with Crippen LogP contribution < -0.4 is 20.3 Å². The number of nitrogens with one attached hydrogen (secondary N) is 2. The number of methoxy groups -OCH3 is 1. The highest BCUT2D eigenvalue weighted by molar-refractivity contribution is 6.30. The number of nitrogens with zero attached hydrogens (tertiary/aromatic N) is 4. The molecule has 2 aromatic heterocycles. The number of halogens is 1. The molecule has 1 aromatic carbocycles. The van der Waals surface area contributed by atoms with Gasteiger partial charge >= 0.3 is 6.03 Å². The number of ether oxygens (including phenoxy) is 1. The number of amides is 2. The molecule has 1 aliphatic heterocycles. The topological polar surface area (TPSA) is 84.3 Å². The Morgan fingerprint density at radius 1 is 1.19 bits per heavy atom. The van der Waals surface area contributed by atoms with Gasteiger partial charge in [-0.25, -0.2) is 4.79 Å². The monoisotopic (exact) mass is 440 g/mol. The Bertz CT molecular complexity index is 1020. The molecule has 2 N–H and O–H groups in total. The zero-order chi connectivity index (χ0) is 21.8. The van der Waals surface area contributed by atoms with E-state index in [0.29, 0.717) is 23.0 Å². The van der Waals surface area contributed by atoms with Crippen LogP contribution in [0.15, 0.2) is 54.9 Å². The number of hydrogen-bond donors (Lipinski definition) is 2. The molecule has 2 atom stereocenters. The van der Waals surface area contributed by atoms with Crippen molar-refractivity contribution in [2.24, 2.45) is 7.05 Å². The maximum Gasteiger partial charge on any atom is 0.319 e. The van der Waals surface area contributed by atoms with Gasteiger partial charge in [-0.15, -0.1) is 0 Å². The number of hydrogen-bond acceptors (Lipinski definition) is 5. The fourth-order valence-corrected chi connectivity index (χ4v) is 4.04. The number of carbonyl (C=O) groups is 1. The second-order valence-corrected chi connectivity index (χ2v) is 7.93. The number of aromatic nitrogens is 3. The van der Waals surface area contributed by atoms with Gasteiger partial charge in [0, 0.05) is 54.6 Å². The van der Waals surface area contributed by atoms with Crippen molar-refractivity contribution in [1.82, 2.24) is 20.1 Å². The molecule has 0 spiro atoms. The van der Waals surface area contributed by atoms with E-state index in [9.17, 15) is 4.79 Å². The summed E-state index contributed by atoms with van der Waals surface area (Å²) in [6.45, 7) is 1.52. The van der Waals surface area contributed by atoms with Crippen LogP contribution in [0, 0.1) is 0 Å². The highest BCUT2D eigenvalue weighted by atomic mass is 35.5. The predicted molar refractivity (Wildman–Crippen MR) is 121 cm³/mol. The van der Waals surface area contributed by atoms with Crippen molar-refractivity contribution in [2.45, 2.75) is 18.4 Å². The summed E-state index contributed by atoms with van der Waals surface area (Å²) in [5.74, 6) is 1.75. The molecule has 0 unspecified atom stereocenters. The largest absolute Gasteiger partial charge is 0.495 e. The standard InChI is InChI=1S/C22H25ClN6O2/c1-28-21(9-11-25-28)29-12-10-20(18(14-29)19-8-7-17(31-2)13-24-19)27-22(30)26-16-5-3-15(23)4-6-16/h3-9,11,13,18,20H,10,12,14H2,1-2H3,(H2,26,27,30)/t18-,20+/m0/s1. The minimum absolute atomic E-state index is 0.00511. The highest BCUT2D eigenvalue weighted by Gasteiger charge is 2.33. The molecule has 1 aliphatic rings. The summed E-state index contributed by atoms with van der Waals surface area (Å²) < 4.78 is 7.11. The SMILES string of the molecule is COc1ccc([C@@H]2CN(c3ccnn3C)CC[C@H]2NC(=O)Nc2ccc(Cl)cc2)nc1. The fraction of sp³-hybridized carbons (Fsp3) is 0.318. The van der Waals surface area contributed by atoms with Crippen LogP contribution in [-0.2, 0) is 7.05 Å². The average molecular weight is 441 g/mol. The van der Waals surface area contributed by atoms with Gasteiger partial charge in [0.15, 0.2) is 0 Å². The van der Waals surface area contributed by atoms with E-state index < -0.39 is 0 Å². The number of benzene rings is 1.